The van der Waals surface area contributed by atoms with E-state index in [1.807, 2.05) is 0 Å². The van der Waals surface area contributed by atoms with E-state index in [0.717, 1.165) is 6.21 Å². The number of benzene rings is 2. The van der Waals surface area contributed by atoms with Crippen molar-refractivity contribution in [3.05, 3.63) is 64.4 Å². The minimum atomic E-state index is -0.512. The van der Waals surface area contributed by atoms with Gasteiger partial charge in [0.2, 0.25) is 0 Å². The summed E-state index contributed by atoms with van der Waals surface area (Å²) in [4.78, 5) is 11.9. The van der Waals surface area contributed by atoms with Crippen molar-refractivity contribution in [3.8, 4) is 5.75 Å². The molecular formula is C15H12ClFN2O2. The van der Waals surface area contributed by atoms with E-state index in [9.17, 15) is 9.18 Å². The Morgan fingerprint density at radius 1 is 1.33 bits per heavy atom. The van der Waals surface area contributed by atoms with Gasteiger partial charge in [-0.15, -0.1) is 0 Å². The molecule has 0 unspecified atom stereocenters. The molecule has 0 aliphatic heterocycles. The van der Waals surface area contributed by atoms with Crippen molar-refractivity contribution in [3.63, 3.8) is 0 Å². The van der Waals surface area contributed by atoms with Gasteiger partial charge in [-0.2, -0.15) is 5.10 Å². The monoisotopic (exact) mass is 306 g/mol. The number of hydrogen-bond acceptors (Lipinski definition) is 3. The Balaban J connectivity index is 2.08. The highest BCUT2D eigenvalue weighted by molar-refractivity contribution is 6.33. The summed E-state index contributed by atoms with van der Waals surface area (Å²) in [6.07, 6.45) is 1.16. The van der Waals surface area contributed by atoms with Gasteiger partial charge in [0.05, 0.1) is 18.3 Å². The average Bonchev–Trinajstić information content (AvgIpc) is 2.50. The van der Waals surface area contributed by atoms with Crippen LogP contribution in [-0.4, -0.2) is 19.2 Å². The fourth-order valence-corrected chi connectivity index (χ4v) is 1.83. The predicted octanol–water partition coefficient (Wildman–Crippen LogP) is 3.25. The summed E-state index contributed by atoms with van der Waals surface area (Å²) in [6, 6.07) is 10.9. The number of amides is 1. The fourth-order valence-electron chi connectivity index (χ4n) is 1.62. The van der Waals surface area contributed by atoms with Crippen LogP contribution in [0.4, 0.5) is 4.39 Å². The molecule has 1 N–H and O–H groups in total. The number of nitrogens with zero attached hydrogens (tertiary/aromatic N) is 1. The Hall–Kier alpha value is -2.40. The van der Waals surface area contributed by atoms with E-state index < -0.39 is 11.7 Å². The van der Waals surface area contributed by atoms with Crippen molar-refractivity contribution in [2.45, 2.75) is 0 Å². The van der Waals surface area contributed by atoms with Crippen LogP contribution in [-0.2, 0) is 0 Å². The van der Waals surface area contributed by atoms with Gasteiger partial charge in [0.25, 0.3) is 5.91 Å². The molecule has 0 radical (unpaired) electrons. The van der Waals surface area contributed by atoms with Crippen molar-refractivity contribution in [1.82, 2.24) is 5.43 Å². The molecule has 0 aliphatic carbocycles. The molecule has 0 bridgehead atoms. The van der Waals surface area contributed by atoms with Gasteiger partial charge in [0, 0.05) is 11.1 Å². The minimum Gasteiger partial charge on any atom is -0.497 e. The van der Waals surface area contributed by atoms with Crippen LogP contribution in [0.25, 0.3) is 0 Å². The number of methoxy groups -OCH3 is 1. The molecule has 0 heterocycles. The lowest BCUT2D eigenvalue weighted by Gasteiger charge is -2.03. The molecule has 0 aromatic heterocycles. The van der Waals surface area contributed by atoms with Crippen LogP contribution < -0.4 is 10.2 Å². The molecule has 2 aromatic carbocycles. The van der Waals surface area contributed by atoms with Crippen molar-refractivity contribution in [2.75, 3.05) is 7.11 Å². The third-order valence-corrected chi connectivity index (χ3v) is 3.02. The topological polar surface area (TPSA) is 50.7 Å². The quantitative estimate of drug-likeness (QED) is 0.696. The Labute approximate surface area is 126 Å². The second-order valence-corrected chi connectivity index (χ2v) is 4.47. The van der Waals surface area contributed by atoms with E-state index in [0.29, 0.717) is 11.3 Å². The molecule has 0 saturated carbocycles. The zero-order valence-corrected chi connectivity index (χ0v) is 11.9. The molecule has 0 aliphatic rings. The molecular weight excluding hydrogens is 295 g/mol. The van der Waals surface area contributed by atoms with E-state index in [1.165, 1.54) is 25.3 Å². The number of ether oxygens (including phenoxy) is 1. The van der Waals surface area contributed by atoms with Crippen LogP contribution in [0.5, 0.6) is 5.75 Å². The van der Waals surface area contributed by atoms with Crippen LogP contribution in [0.3, 0.4) is 0 Å². The van der Waals surface area contributed by atoms with Gasteiger partial charge in [0.1, 0.15) is 11.6 Å². The SMILES string of the molecule is COc1cccc(C(=O)NN=Cc2c(F)cccc2Cl)c1. The van der Waals surface area contributed by atoms with E-state index >= 15 is 0 Å². The van der Waals surface area contributed by atoms with Crippen LogP contribution in [0.1, 0.15) is 15.9 Å². The van der Waals surface area contributed by atoms with Crippen molar-refractivity contribution in [2.24, 2.45) is 5.10 Å². The number of hydrogen-bond donors (Lipinski definition) is 1. The molecule has 2 aromatic rings. The number of hydrazone groups is 1. The molecule has 108 valence electrons. The molecule has 1 amide bonds. The van der Waals surface area contributed by atoms with Crippen molar-refractivity contribution >= 4 is 23.7 Å². The minimum absolute atomic E-state index is 0.116. The summed E-state index contributed by atoms with van der Waals surface area (Å²) in [7, 11) is 1.51. The number of carbonyl (C=O) groups is 1. The molecule has 0 saturated heterocycles. The summed E-state index contributed by atoms with van der Waals surface area (Å²) in [5.74, 6) is -0.386. The highest BCUT2D eigenvalue weighted by Gasteiger charge is 2.06. The van der Waals surface area contributed by atoms with Gasteiger partial charge in [-0.1, -0.05) is 23.7 Å². The largest absolute Gasteiger partial charge is 0.497 e. The molecule has 0 fully saturated rings. The second-order valence-electron chi connectivity index (χ2n) is 4.07. The lowest BCUT2D eigenvalue weighted by molar-refractivity contribution is 0.0955. The highest BCUT2D eigenvalue weighted by atomic mass is 35.5. The normalized spacial score (nSPS) is 10.6. The highest BCUT2D eigenvalue weighted by Crippen LogP contribution is 2.16. The number of halogens is 2. The van der Waals surface area contributed by atoms with Gasteiger partial charge < -0.3 is 4.74 Å². The van der Waals surface area contributed by atoms with Gasteiger partial charge in [-0.05, 0) is 30.3 Å². The van der Waals surface area contributed by atoms with Crippen LogP contribution >= 0.6 is 11.6 Å². The fraction of sp³-hybridized carbons (Fsp3) is 0.0667. The van der Waals surface area contributed by atoms with Gasteiger partial charge in [-0.3, -0.25) is 4.79 Å². The predicted molar refractivity (Wildman–Crippen MR) is 79.5 cm³/mol. The van der Waals surface area contributed by atoms with Crippen LogP contribution in [0, 0.1) is 5.82 Å². The molecule has 21 heavy (non-hydrogen) atoms. The first-order valence-corrected chi connectivity index (χ1v) is 6.41. The third-order valence-electron chi connectivity index (χ3n) is 2.69. The standard InChI is InChI=1S/C15H12ClFN2O2/c1-21-11-5-2-4-10(8-11)15(20)19-18-9-12-13(16)6-3-7-14(12)17/h2-9H,1H3,(H,19,20). The van der Waals surface area contributed by atoms with Crippen LogP contribution in [0.2, 0.25) is 5.02 Å². The summed E-state index contributed by atoms with van der Waals surface area (Å²) in [5.41, 5.74) is 2.80. The molecule has 0 atom stereocenters. The maximum absolute atomic E-state index is 13.5. The Kier molecular flexibility index (Phi) is 4.90. The first-order chi connectivity index (χ1) is 10.1. The summed E-state index contributed by atoms with van der Waals surface area (Å²) < 4.78 is 18.5. The van der Waals surface area contributed by atoms with Gasteiger partial charge in [0.15, 0.2) is 0 Å². The van der Waals surface area contributed by atoms with E-state index in [2.05, 4.69) is 10.5 Å². The van der Waals surface area contributed by atoms with E-state index in [1.54, 1.807) is 24.3 Å². The molecule has 6 heteroatoms. The Bertz CT molecular complexity index is 669. The first kappa shape index (κ1) is 15.0. The number of nitrogens with one attached hydrogen (secondary N) is 1. The smallest absolute Gasteiger partial charge is 0.271 e. The molecule has 2 rings (SSSR count). The van der Waals surface area contributed by atoms with Crippen molar-refractivity contribution in [1.29, 1.82) is 0 Å². The van der Waals surface area contributed by atoms with E-state index in [4.69, 9.17) is 16.3 Å². The lowest BCUT2D eigenvalue weighted by Crippen LogP contribution is -2.17. The lowest BCUT2D eigenvalue weighted by atomic mass is 10.2. The van der Waals surface area contributed by atoms with Gasteiger partial charge >= 0.3 is 0 Å². The molecule has 4 nitrogen and oxygen atoms in total. The summed E-state index contributed by atoms with van der Waals surface area (Å²) in [5, 5.41) is 3.92. The average molecular weight is 307 g/mol. The maximum Gasteiger partial charge on any atom is 0.271 e. The molecule has 0 spiro atoms. The first-order valence-electron chi connectivity index (χ1n) is 6.03. The number of carbonyl (C=O) groups excluding carboxylic acids is 1. The zero-order chi connectivity index (χ0) is 15.2. The third kappa shape index (κ3) is 3.79. The van der Waals surface area contributed by atoms with Gasteiger partial charge in [-0.25, -0.2) is 9.82 Å². The summed E-state index contributed by atoms with van der Waals surface area (Å²) >= 11 is 5.84. The van der Waals surface area contributed by atoms with Crippen molar-refractivity contribution < 1.29 is 13.9 Å². The maximum atomic E-state index is 13.5. The van der Waals surface area contributed by atoms with E-state index in [-0.39, 0.29) is 10.6 Å². The number of rotatable bonds is 4. The zero-order valence-electron chi connectivity index (χ0n) is 11.1. The second kappa shape index (κ2) is 6.85. The summed E-state index contributed by atoms with van der Waals surface area (Å²) in [6.45, 7) is 0. The Morgan fingerprint density at radius 2 is 2.10 bits per heavy atom. The van der Waals surface area contributed by atoms with Crippen LogP contribution in [0.15, 0.2) is 47.6 Å². The Morgan fingerprint density at radius 3 is 2.81 bits per heavy atom.